The predicted octanol–water partition coefficient (Wildman–Crippen LogP) is 1.11. The molecule has 0 saturated carbocycles. The largest absolute Gasteiger partial charge is 0.504 e. The van der Waals surface area contributed by atoms with Gasteiger partial charge in [0.05, 0.1) is 0 Å². The topological polar surface area (TPSA) is 96.6 Å². The Morgan fingerprint density at radius 3 is 3.05 bits per heavy atom. The smallest absolute Gasteiger partial charge is 0.271 e. The molecule has 0 radical (unpaired) electrons. The van der Waals surface area contributed by atoms with Gasteiger partial charge in [-0.2, -0.15) is 0 Å². The number of hydrogen-bond acceptors (Lipinski definition) is 6. The number of nitrogens with one attached hydrogen (secondary N) is 1. The Hall–Kier alpha value is -2.74. The summed E-state index contributed by atoms with van der Waals surface area (Å²) < 4.78 is 1.29. The summed E-state index contributed by atoms with van der Waals surface area (Å²) in [6, 6.07) is 2.91. The van der Waals surface area contributed by atoms with Gasteiger partial charge in [0.1, 0.15) is 5.56 Å². The lowest BCUT2D eigenvalue weighted by atomic mass is 10.3. The number of carbonyl (C=O) groups is 1. The molecule has 0 bridgehead atoms. The minimum absolute atomic E-state index is 0.00712. The van der Waals surface area contributed by atoms with E-state index in [1.165, 1.54) is 40.3 Å². The highest BCUT2D eigenvalue weighted by Crippen LogP contribution is 2.18. The number of thiazole rings is 1. The molecule has 3 rings (SSSR count). The molecule has 7 nitrogen and oxygen atoms in total. The van der Waals surface area contributed by atoms with E-state index in [9.17, 15) is 14.7 Å². The van der Waals surface area contributed by atoms with Crippen LogP contribution in [0.1, 0.15) is 10.4 Å². The maximum atomic E-state index is 12.1. The number of amides is 1. The van der Waals surface area contributed by atoms with Crippen LogP contribution in [-0.2, 0) is 0 Å². The molecule has 0 saturated heterocycles. The second kappa shape index (κ2) is 4.74. The van der Waals surface area contributed by atoms with Gasteiger partial charge in [0, 0.05) is 24.0 Å². The van der Waals surface area contributed by atoms with Crippen molar-refractivity contribution in [2.45, 2.75) is 0 Å². The summed E-state index contributed by atoms with van der Waals surface area (Å²) in [7, 11) is 0. The van der Waals surface area contributed by atoms with Crippen molar-refractivity contribution in [1.29, 1.82) is 0 Å². The Kier molecular flexibility index (Phi) is 2.92. The summed E-state index contributed by atoms with van der Waals surface area (Å²) >= 11 is 1.30. The highest BCUT2D eigenvalue weighted by Gasteiger charge is 2.15. The first kappa shape index (κ1) is 12.3. The van der Waals surface area contributed by atoms with Crippen molar-refractivity contribution in [2.75, 3.05) is 5.32 Å². The minimum atomic E-state index is -0.669. The fourth-order valence-electron chi connectivity index (χ4n) is 1.65. The van der Waals surface area contributed by atoms with Crippen molar-refractivity contribution in [1.82, 2.24) is 14.4 Å². The molecule has 8 heteroatoms. The van der Waals surface area contributed by atoms with Crippen LogP contribution in [0.25, 0.3) is 4.96 Å². The van der Waals surface area contributed by atoms with E-state index in [4.69, 9.17) is 0 Å². The van der Waals surface area contributed by atoms with Gasteiger partial charge in [-0.3, -0.25) is 14.0 Å². The van der Waals surface area contributed by atoms with E-state index in [2.05, 4.69) is 15.3 Å². The zero-order valence-corrected chi connectivity index (χ0v) is 10.8. The number of fused-ring (bicyclic) bond motifs is 1. The predicted molar refractivity (Wildman–Crippen MR) is 73.2 cm³/mol. The van der Waals surface area contributed by atoms with Crippen LogP contribution in [0.4, 0.5) is 5.82 Å². The minimum Gasteiger partial charge on any atom is -0.504 e. The number of aromatic nitrogens is 3. The first-order valence-electron chi connectivity index (χ1n) is 5.57. The molecule has 0 aliphatic carbocycles. The fraction of sp³-hybridized carbons (Fsp3) is 0. The van der Waals surface area contributed by atoms with E-state index in [0.29, 0.717) is 4.96 Å². The second-order valence-corrected chi connectivity index (χ2v) is 4.73. The Morgan fingerprint density at radius 1 is 1.40 bits per heavy atom. The van der Waals surface area contributed by atoms with E-state index >= 15 is 0 Å². The van der Waals surface area contributed by atoms with Gasteiger partial charge < -0.3 is 10.4 Å². The molecule has 0 unspecified atom stereocenters. The van der Waals surface area contributed by atoms with Gasteiger partial charge in [0.25, 0.3) is 11.5 Å². The van der Waals surface area contributed by atoms with Crippen LogP contribution in [0.15, 0.2) is 40.9 Å². The van der Waals surface area contributed by atoms with Crippen LogP contribution in [0.3, 0.4) is 0 Å². The van der Waals surface area contributed by atoms with Gasteiger partial charge in [0.15, 0.2) is 16.5 Å². The van der Waals surface area contributed by atoms with Crippen LogP contribution in [0.2, 0.25) is 0 Å². The first-order chi connectivity index (χ1) is 9.66. The highest BCUT2D eigenvalue weighted by atomic mass is 32.1. The van der Waals surface area contributed by atoms with E-state index in [1.54, 1.807) is 11.6 Å². The van der Waals surface area contributed by atoms with Gasteiger partial charge >= 0.3 is 0 Å². The summed E-state index contributed by atoms with van der Waals surface area (Å²) in [5, 5.41) is 13.6. The van der Waals surface area contributed by atoms with Crippen molar-refractivity contribution in [2.24, 2.45) is 0 Å². The lowest BCUT2D eigenvalue weighted by molar-refractivity contribution is 0.102. The molecule has 0 fully saturated rings. The standard InChI is InChI=1S/C12H8N4O3S/c17-8-2-1-3-13-9(8)15-10(18)7-6-14-12-16(11(7)19)4-5-20-12/h1-6,17H,(H,13,15,18). The van der Waals surface area contributed by atoms with Crippen LogP contribution >= 0.6 is 11.3 Å². The van der Waals surface area contributed by atoms with E-state index in [-0.39, 0.29) is 17.1 Å². The third-order valence-electron chi connectivity index (χ3n) is 2.61. The van der Waals surface area contributed by atoms with E-state index < -0.39 is 11.5 Å². The summed E-state index contributed by atoms with van der Waals surface area (Å²) in [5.41, 5.74) is -0.588. The first-order valence-corrected chi connectivity index (χ1v) is 6.45. The van der Waals surface area contributed by atoms with Gasteiger partial charge in [-0.1, -0.05) is 0 Å². The molecule has 3 aromatic heterocycles. The number of hydrogen-bond donors (Lipinski definition) is 2. The molecule has 20 heavy (non-hydrogen) atoms. The van der Waals surface area contributed by atoms with Crippen molar-refractivity contribution < 1.29 is 9.90 Å². The van der Waals surface area contributed by atoms with Crippen LogP contribution in [0.5, 0.6) is 5.75 Å². The summed E-state index contributed by atoms with van der Waals surface area (Å²) in [5.74, 6) is -0.852. The highest BCUT2D eigenvalue weighted by molar-refractivity contribution is 7.15. The van der Waals surface area contributed by atoms with Crippen LogP contribution in [0, 0.1) is 0 Å². The molecule has 0 aromatic carbocycles. The van der Waals surface area contributed by atoms with Crippen molar-refractivity contribution in [3.8, 4) is 5.75 Å². The molecule has 0 aliphatic heterocycles. The van der Waals surface area contributed by atoms with Gasteiger partial charge in [0.2, 0.25) is 0 Å². The Morgan fingerprint density at radius 2 is 2.25 bits per heavy atom. The van der Waals surface area contributed by atoms with Gasteiger partial charge in [-0.05, 0) is 12.1 Å². The number of pyridine rings is 1. The Labute approximate surface area is 116 Å². The number of carbonyl (C=O) groups excluding carboxylic acids is 1. The lowest BCUT2D eigenvalue weighted by Crippen LogP contribution is -2.26. The number of rotatable bonds is 2. The second-order valence-electron chi connectivity index (χ2n) is 3.86. The number of anilines is 1. The zero-order chi connectivity index (χ0) is 14.1. The third-order valence-corrected chi connectivity index (χ3v) is 3.38. The maximum absolute atomic E-state index is 12.1. The maximum Gasteiger partial charge on any atom is 0.271 e. The number of aromatic hydroxyl groups is 1. The summed E-state index contributed by atoms with van der Waals surface area (Å²) in [6.07, 6.45) is 4.18. The van der Waals surface area contributed by atoms with Crippen LogP contribution < -0.4 is 10.9 Å². The van der Waals surface area contributed by atoms with Gasteiger partial charge in [-0.15, -0.1) is 11.3 Å². The lowest BCUT2D eigenvalue weighted by Gasteiger charge is -2.05. The van der Waals surface area contributed by atoms with Gasteiger partial charge in [-0.25, -0.2) is 9.97 Å². The van der Waals surface area contributed by atoms with Crippen molar-refractivity contribution in [3.63, 3.8) is 0 Å². The molecular weight excluding hydrogens is 280 g/mol. The van der Waals surface area contributed by atoms with E-state index in [1.807, 2.05) is 0 Å². The molecule has 0 aliphatic rings. The molecule has 1 amide bonds. The van der Waals surface area contributed by atoms with Crippen LogP contribution in [-0.4, -0.2) is 25.4 Å². The fourth-order valence-corrected chi connectivity index (χ4v) is 2.32. The van der Waals surface area contributed by atoms with Crippen molar-refractivity contribution >= 4 is 28.0 Å². The molecule has 0 atom stereocenters. The molecule has 3 aromatic rings. The monoisotopic (exact) mass is 288 g/mol. The molecule has 3 heterocycles. The average Bonchev–Trinajstić information content (AvgIpc) is 2.91. The zero-order valence-electron chi connectivity index (χ0n) is 9.98. The third kappa shape index (κ3) is 2.01. The Bertz CT molecular complexity index is 855. The molecule has 100 valence electrons. The SMILES string of the molecule is O=C(Nc1ncccc1O)c1cnc2sccn2c1=O. The number of nitrogens with zero attached hydrogens (tertiary/aromatic N) is 3. The summed E-state index contributed by atoms with van der Waals surface area (Å²) in [6.45, 7) is 0. The molecule has 2 N–H and O–H groups in total. The summed E-state index contributed by atoms with van der Waals surface area (Å²) in [4.78, 5) is 32.5. The van der Waals surface area contributed by atoms with E-state index in [0.717, 1.165) is 0 Å². The molecule has 0 spiro atoms. The Balaban J connectivity index is 1.99. The molecular formula is C12H8N4O3S. The quantitative estimate of drug-likeness (QED) is 0.736. The van der Waals surface area contributed by atoms with Crippen molar-refractivity contribution in [3.05, 3.63) is 52.0 Å². The average molecular weight is 288 g/mol. The normalized spacial score (nSPS) is 10.6.